The van der Waals surface area contributed by atoms with E-state index in [1.54, 1.807) is 11.9 Å². The van der Waals surface area contributed by atoms with Crippen molar-refractivity contribution in [1.82, 2.24) is 9.80 Å². The zero-order chi connectivity index (χ0) is 15.2. The molecule has 0 spiro atoms. The van der Waals surface area contributed by atoms with Gasteiger partial charge >= 0.3 is 0 Å². The Hall–Kier alpha value is -1.33. The monoisotopic (exact) mass is 294 g/mol. The fourth-order valence-electron chi connectivity index (χ4n) is 2.84. The van der Waals surface area contributed by atoms with Crippen LogP contribution in [0, 0.1) is 6.92 Å². The van der Waals surface area contributed by atoms with Crippen molar-refractivity contribution in [2.45, 2.75) is 45.2 Å². The van der Waals surface area contributed by atoms with Gasteiger partial charge in [-0.15, -0.1) is 0 Å². The Kier molecular flexibility index (Phi) is 5.82. The van der Waals surface area contributed by atoms with Gasteiger partial charge in [0.25, 0.3) is 0 Å². The first-order chi connectivity index (χ1) is 10.1. The van der Waals surface area contributed by atoms with Gasteiger partial charge in [-0.05, 0) is 38.4 Å². The van der Waals surface area contributed by atoms with Crippen molar-refractivity contribution in [3.8, 4) is 0 Å². The van der Waals surface area contributed by atoms with E-state index in [1.165, 1.54) is 6.42 Å². The third-order valence-electron chi connectivity index (χ3n) is 4.16. The summed E-state index contributed by atoms with van der Waals surface area (Å²) in [4.78, 5) is 16.2. The van der Waals surface area contributed by atoms with Crippen molar-refractivity contribution in [3.05, 3.63) is 23.7 Å². The van der Waals surface area contributed by atoms with E-state index in [0.717, 1.165) is 37.3 Å². The molecular formula is C16H26N2O3. The van der Waals surface area contributed by atoms with Crippen molar-refractivity contribution in [2.75, 3.05) is 26.7 Å². The minimum Gasteiger partial charge on any atom is -0.464 e. The van der Waals surface area contributed by atoms with E-state index in [2.05, 4.69) is 4.90 Å². The number of nitrogens with zero attached hydrogens (tertiary/aromatic N) is 2. The molecule has 2 heterocycles. The molecule has 1 aliphatic rings. The number of amides is 1. The summed E-state index contributed by atoms with van der Waals surface area (Å²) in [6.07, 6.45) is 4.40. The van der Waals surface area contributed by atoms with Crippen LogP contribution in [0.5, 0.6) is 0 Å². The smallest absolute Gasteiger partial charge is 0.236 e. The highest BCUT2D eigenvalue weighted by atomic mass is 16.3. The molecule has 0 aliphatic carbocycles. The fraction of sp³-hybridized carbons (Fsp3) is 0.688. The Morgan fingerprint density at radius 2 is 2.24 bits per heavy atom. The van der Waals surface area contributed by atoms with Gasteiger partial charge in [-0.3, -0.25) is 9.69 Å². The maximum absolute atomic E-state index is 12.4. The van der Waals surface area contributed by atoms with Crippen LogP contribution in [0.4, 0.5) is 0 Å². The van der Waals surface area contributed by atoms with Crippen LogP contribution in [0.15, 0.2) is 16.5 Å². The number of aryl methyl sites for hydroxylation is 1. The number of rotatable bonds is 5. The van der Waals surface area contributed by atoms with Crippen LogP contribution in [0.3, 0.4) is 0 Å². The van der Waals surface area contributed by atoms with Gasteiger partial charge in [-0.25, -0.2) is 0 Å². The van der Waals surface area contributed by atoms with Gasteiger partial charge in [0.15, 0.2) is 0 Å². The van der Waals surface area contributed by atoms with Gasteiger partial charge in [-0.1, -0.05) is 12.8 Å². The summed E-state index contributed by atoms with van der Waals surface area (Å²) in [5.74, 6) is 1.74. The molecule has 1 fully saturated rings. The second-order valence-electron chi connectivity index (χ2n) is 5.92. The molecule has 1 unspecified atom stereocenters. The van der Waals surface area contributed by atoms with Crippen molar-refractivity contribution in [1.29, 1.82) is 0 Å². The van der Waals surface area contributed by atoms with Gasteiger partial charge in [0, 0.05) is 13.1 Å². The summed E-state index contributed by atoms with van der Waals surface area (Å²) in [5.41, 5.74) is 0. The molecule has 1 atom stereocenters. The summed E-state index contributed by atoms with van der Waals surface area (Å²) in [6, 6.07) is 3.93. The highest BCUT2D eigenvalue weighted by Gasteiger charge is 2.23. The predicted molar refractivity (Wildman–Crippen MR) is 80.8 cm³/mol. The van der Waals surface area contributed by atoms with E-state index in [0.29, 0.717) is 13.1 Å². The summed E-state index contributed by atoms with van der Waals surface area (Å²) >= 11 is 0. The first-order valence-electron chi connectivity index (χ1n) is 7.74. The van der Waals surface area contributed by atoms with Crippen LogP contribution < -0.4 is 0 Å². The highest BCUT2D eigenvalue weighted by Crippen LogP contribution is 2.17. The van der Waals surface area contributed by atoms with E-state index >= 15 is 0 Å². The first-order valence-corrected chi connectivity index (χ1v) is 7.74. The molecule has 1 amide bonds. The number of aliphatic hydroxyl groups is 1. The van der Waals surface area contributed by atoms with Gasteiger partial charge in [-0.2, -0.15) is 0 Å². The van der Waals surface area contributed by atoms with E-state index in [9.17, 15) is 9.90 Å². The Labute approximate surface area is 126 Å². The molecule has 118 valence electrons. The Morgan fingerprint density at radius 3 is 2.90 bits per heavy atom. The molecule has 0 bridgehead atoms. The minimum atomic E-state index is 0.0735. The van der Waals surface area contributed by atoms with Crippen LogP contribution in [0.2, 0.25) is 0 Å². The van der Waals surface area contributed by atoms with E-state index in [1.807, 2.05) is 19.1 Å². The van der Waals surface area contributed by atoms with E-state index in [-0.39, 0.29) is 18.6 Å². The molecule has 2 rings (SSSR count). The maximum Gasteiger partial charge on any atom is 0.236 e. The van der Waals surface area contributed by atoms with Gasteiger partial charge < -0.3 is 14.4 Å². The second kappa shape index (κ2) is 7.61. The maximum atomic E-state index is 12.4. The molecule has 1 aliphatic heterocycles. The van der Waals surface area contributed by atoms with Crippen molar-refractivity contribution < 1.29 is 14.3 Å². The van der Waals surface area contributed by atoms with Gasteiger partial charge in [0.1, 0.15) is 11.5 Å². The number of hydrogen-bond donors (Lipinski definition) is 1. The van der Waals surface area contributed by atoms with E-state index in [4.69, 9.17) is 4.42 Å². The number of likely N-dealkylation sites (N-methyl/N-ethyl adjacent to an activating group) is 1. The standard InChI is InChI=1S/C16H26N2O3/c1-13-7-8-15(21-13)10-17(2)16(20)11-18-9-5-3-4-6-14(18)12-19/h7-8,14,19H,3-6,9-12H2,1-2H3. The highest BCUT2D eigenvalue weighted by molar-refractivity contribution is 5.78. The second-order valence-corrected chi connectivity index (χ2v) is 5.92. The first kappa shape index (κ1) is 16.0. The molecule has 1 N–H and O–H groups in total. The average molecular weight is 294 g/mol. The lowest BCUT2D eigenvalue weighted by Gasteiger charge is -2.29. The summed E-state index contributed by atoms with van der Waals surface area (Å²) in [5, 5.41) is 9.49. The van der Waals surface area contributed by atoms with E-state index < -0.39 is 0 Å². The van der Waals surface area contributed by atoms with Crippen molar-refractivity contribution in [3.63, 3.8) is 0 Å². The lowest BCUT2D eigenvalue weighted by molar-refractivity contribution is -0.132. The number of likely N-dealkylation sites (tertiary alicyclic amines) is 1. The van der Waals surface area contributed by atoms with Gasteiger partial charge in [0.05, 0.1) is 19.7 Å². The molecule has 0 aromatic carbocycles. The van der Waals surface area contributed by atoms with Gasteiger partial charge in [0.2, 0.25) is 5.91 Å². The number of aliphatic hydroxyl groups excluding tert-OH is 1. The fourth-order valence-corrected chi connectivity index (χ4v) is 2.84. The topological polar surface area (TPSA) is 56.9 Å². The molecule has 5 heteroatoms. The SMILES string of the molecule is Cc1ccc(CN(C)C(=O)CN2CCCCCC2CO)o1. The summed E-state index contributed by atoms with van der Waals surface area (Å²) in [6.45, 7) is 3.79. The molecule has 1 aromatic rings. The Bertz CT molecular complexity index is 458. The molecular weight excluding hydrogens is 268 g/mol. The zero-order valence-electron chi connectivity index (χ0n) is 13.0. The van der Waals surface area contributed by atoms with Crippen molar-refractivity contribution >= 4 is 5.91 Å². The molecule has 0 saturated carbocycles. The molecule has 0 radical (unpaired) electrons. The van der Waals surface area contributed by atoms with Crippen LogP contribution in [0.1, 0.15) is 37.2 Å². The largest absolute Gasteiger partial charge is 0.464 e. The molecule has 5 nitrogen and oxygen atoms in total. The van der Waals surface area contributed by atoms with Crippen LogP contribution in [-0.2, 0) is 11.3 Å². The van der Waals surface area contributed by atoms with Crippen LogP contribution in [-0.4, -0.2) is 53.6 Å². The number of furan rings is 1. The lowest BCUT2D eigenvalue weighted by Crippen LogP contribution is -2.44. The third kappa shape index (κ3) is 4.58. The number of carbonyl (C=O) groups excluding carboxylic acids is 1. The summed E-state index contributed by atoms with van der Waals surface area (Å²) in [7, 11) is 1.80. The normalized spacial score (nSPS) is 20.2. The summed E-state index contributed by atoms with van der Waals surface area (Å²) < 4.78 is 5.51. The molecule has 1 aromatic heterocycles. The number of hydrogen-bond acceptors (Lipinski definition) is 4. The lowest BCUT2D eigenvalue weighted by atomic mass is 10.1. The minimum absolute atomic E-state index is 0.0735. The Balaban J connectivity index is 1.89. The van der Waals surface area contributed by atoms with Crippen molar-refractivity contribution in [2.24, 2.45) is 0 Å². The average Bonchev–Trinajstić information content (AvgIpc) is 2.74. The Morgan fingerprint density at radius 1 is 1.43 bits per heavy atom. The predicted octanol–water partition coefficient (Wildman–Crippen LogP) is 1.78. The third-order valence-corrected chi connectivity index (χ3v) is 4.16. The van der Waals surface area contributed by atoms with Crippen LogP contribution in [0.25, 0.3) is 0 Å². The zero-order valence-corrected chi connectivity index (χ0v) is 13.0. The van der Waals surface area contributed by atoms with Crippen LogP contribution >= 0.6 is 0 Å². The molecule has 1 saturated heterocycles. The molecule has 21 heavy (non-hydrogen) atoms. The quantitative estimate of drug-likeness (QED) is 0.899. The number of carbonyl (C=O) groups is 1.